The highest BCUT2D eigenvalue weighted by Gasteiger charge is 2.10. The van der Waals surface area contributed by atoms with Crippen molar-refractivity contribution in [2.45, 2.75) is 54.4 Å². The van der Waals surface area contributed by atoms with Crippen LogP contribution in [0.1, 0.15) is 54.4 Å². The highest BCUT2D eigenvalue weighted by Crippen LogP contribution is 1.74. The lowest BCUT2D eigenvalue weighted by Crippen LogP contribution is -2.40. The Morgan fingerprint density at radius 3 is 1.19 bits per heavy atom. The van der Waals surface area contributed by atoms with Crippen LogP contribution in [0.25, 0.3) is 0 Å². The molecule has 0 heterocycles. The molecule has 0 saturated carbocycles. The first-order valence-electron chi connectivity index (χ1n) is 6.28. The second-order valence-electron chi connectivity index (χ2n) is 2.51. The summed E-state index contributed by atoms with van der Waals surface area (Å²) < 4.78 is 0. The minimum absolute atomic E-state index is 0.537. The second-order valence-corrected chi connectivity index (χ2v) is 2.51. The Morgan fingerprint density at radius 2 is 1.00 bits per heavy atom. The summed E-state index contributed by atoms with van der Waals surface area (Å²) in [5, 5.41) is 4.98. The highest BCUT2D eigenvalue weighted by atomic mass is 16.2. The lowest BCUT2D eigenvalue weighted by atomic mass is 10.4. The zero-order valence-corrected chi connectivity index (χ0v) is 11.6. The fourth-order valence-corrected chi connectivity index (χ4v) is 0.638. The number of hydrogen-bond acceptors (Lipinski definition) is 2. The van der Waals surface area contributed by atoms with Gasteiger partial charge in [0.25, 0.3) is 0 Å². The van der Waals surface area contributed by atoms with E-state index < -0.39 is 11.8 Å². The fraction of sp³-hybridized carbons (Fsp3) is 0.833. The van der Waals surface area contributed by atoms with Crippen molar-refractivity contribution in [2.75, 3.05) is 13.1 Å². The van der Waals surface area contributed by atoms with Crippen molar-refractivity contribution in [3.05, 3.63) is 0 Å². The van der Waals surface area contributed by atoms with Crippen LogP contribution >= 0.6 is 0 Å². The van der Waals surface area contributed by atoms with E-state index in [0.29, 0.717) is 13.1 Å². The van der Waals surface area contributed by atoms with Gasteiger partial charge in [0.1, 0.15) is 0 Å². The molecule has 2 N–H and O–H groups in total. The zero-order chi connectivity index (χ0) is 13.4. The summed E-state index contributed by atoms with van der Waals surface area (Å²) >= 11 is 0. The van der Waals surface area contributed by atoms with Crippen LogP contribution in [-0.2, 0) is 9.59 Å². The monoisotopic (exact) mass is 232 g/mol. The molecule has 4 heteroatoms. The third-order valence-electron chi connectivity index (χ3n) is 1.28. The number of rotatable bonds is 4. The molecule has 98 valence electrons. The van der Waals surface area contributed by atoms with E-state index in [-0.39, 0.29) is 0 Å². The van der Waals surface area contributed by atoms with Crippen LogP contribution in [0.4, 0.5) is 0 Å². The maximum atomic E-state index is 10.9. The number of carbonyl (C=O) groups excluding carboxylic acids is 2. The topological polar surface area (TPSA) is 58.2 Å². The Kier molecular flexibility index (Phi) is 24.8. The maximum Gasteiger partial charge on any atom is 0.309 e. The first-order chi connectivity index (χ1) is 7.72. The molecule has 0 spiro atoms. The Morgan fingerprint density at radius 1 is 0.750 bits per heavy atom. The van der Waals surface area contributed by atoms with E-state index >= 15 is 0 Å². The van der Waals surface area contributed by atoms with Gasteiger partial charge in [0, 0.05) is 13.1 Å². The summed E-state index contributed by atoms with van der Waals surface area (Å²) in [5.41, 5.74) is 0. The number of amides is 2. The van der Waals surface area contributed by atoms with Gasteiger partial charge in [-0.2, -0.15) is 0 Å². The molecule has 2 amide bonds. The van der Waals surface area contributed by atoms with Gasteiger partial charge in [-0.25, -0.2) is 0 Å². The maximum absolute atomic E-state index is 10.9. The van der Waals surface area contributed by atoms with Crippen molar-refractivity contribution in [1.82, 2.24) is 10.6 Å². The number of carbonyl (C=O) groups is 2. The van der Waals surface area contributed by atoms with Gasteiger partial charge in [0.2, 0.25) is 0 Å². The van der Waals surface area contributed by atoms with E-state index in [1.165, 1.54) is 0 Å². The lowest BCUT2D eigenvalue weighted by Gasteiger charge is -2.03. The number of hydrogen-bond donors (Lipinski definition) is 2. The molecule has 0 fully saturated rings. The first kappa shape index (κ1) is 20.4. The van der Waals surface area contributed by atoms with Crippen LogP contribution in [0, 0.1) is 0 Å². The Balaban J connectivity index is -0.000000376. The molecule has 0 radical (unpaired) electrons. The molecule has 0 aliphatic heterocycles. The van der Waals surface area contributed by atoms with Gasteiger partial charge in [-0.05, 0) is 12.8 Å². The Labute approximate surface area is 100 Å². The van der Waals surface area contributed by atoms with Gasteiger partial charge in [0.05, 0.1) is 0 Å². The van der Waals surface area contributed by atoms with Gasteiger partial charge in [-0.3, -0.25) is 9.59 Å². The van der Waals surface area contributed by atoms with Crippen molar-refractivity contribution in [3.8, 4) is 0 Å². The minimum Gasteiger partial charge on any atom is -0.348 e. The van der Waals surface area contributed by atoms with Crippen molar-refractivity contribution >= 4 is 11.8 Å². The summed E-state index contributed by atoms with van der Waals surface area (Å²) in [4.78, 5) is 21.8. The van der Waals surface area contributed by atoms with Gasteiger partial charge >= 0.3 is 11.8 Å². The van der Waals surface area contributed by atoms with E-state index in [9.17, 15) is 9.59 Å². The van der Waals surface area contributed by atoms with E-state index in [2.05, 4.69) is 10.6 Å². The van der Waals surface area contributed by atoms with Crippen LogP contribution in [-0.4, -0.2) is 24.9 Å². The summed E-state index contributed by atoms with van der Waals surface area (Å²) in [6.07, 6.45) is 1.68. The molecule has 4 nitrogen and oxygen atoms in total. The lowest BCUT2D eigenvalue weighted by molar-refractivity contribution is -0.139. The Bertz CT molecular complexity index is 141. The minimum atomic E-state index is -0.537. The molecule has 0 rings (SSSR count). The molecule has 0 unspecified atom stereocenters. The van der Waals surface area contributed by atoms with E-state index in [1.54, 1.807) is 0 Å². The summed E-state index contributed by atoms with van der Waals surface area (Å²) in [5.74, 6) is -1.07. The highest BCUT2D eigenvalue weighted by molar-refractivity contribution is 6.35. The Hall–Kier alpha value is -1.06. The van der Waals surface area contributed by atoms with Gasteiger partial charge in [-0.15, -0.1) is 0 Å². The van der Waals surface area contributed by atoms with Crippen molar-refractivity contribution in [1.29, 1.82) is 0 Å². The van der Waals surface area contributed by atoms with Crippen molar-refractivity contribution in [3.63, 3.8) is 0 Å². The summed E-state index contributed by atoms with van der Waals surface area (Å²) in [6, 6.07) is 0. The molecule has 0 aliphatic carbocycles. The summed E-state index contributed by atoms with van der Waals surface area (Å²) in [7, 11) is 0. The van der Waals surface area contributed by atoms with Gasteiger partial charge < -0.3 is 10.6 Å². The van der Waals surface area contributed by atoms with E-state index in [4.69, 9.17) is 0 Å². The average Bonchev–Trinajstić information content (AvgIpc) is 2.37. The molecular formula is C12H28N2O2. The molecule has 0 aliphatic rings. The van der Waals surface area contributed by atoms with Crippen molar-refractivity contribution < 1.29 is 9.59 Å². The average molecular weight is 232 g/mol. The molecular weight excluding hydrogens is 204 g/mol. The standard InChI is InChI=1S/C8H16N2O2.2C2H6/c1-3-5-9-7(11)8(12)10-6-4-2;2*1-2/h3-6H2,1-2H3,(H,9,11)(H,10,12);2*1-2H3. The summed E-state index contributed by atoms with van der Waals surface area (Å²) in [6.45, 7) is 13.0. The normalized spacial score (nSPS) is 7.62. The first-order valence-corrected chi connectivity index (χ1v) is 6.28. The molecule has 16 heavy (non-hydrogen) atoms. The third-order valence-corrected chi connectivity index (χ3v) is 1.28. The quantitative estimate of drug-likeness (QED) is 0.729. The van der Waals surface area contributed by atoms with Crippen LogP contribution in [0.5, 0.6) is 0 Å². The van der Waals surface area contributed by atoms with Crippen molar-refractivity contribution in [2.24, 2.45) is 0 Å². The molecule has 0 aromatic rings. The smallest absolute Gasteiger partial charge is 0.309 e. The third kappa shape index (κ3) is 15.4. The van der Waals surface area contributed by atoms with Crippen LogP contribution in [0.3, 0.4) is 0 Å². The van der Waals surface area contributed by atoms with E-state index in [1.807, 2.05) is 41.5 Å². The number of nitrogens with one attached hydrogen (secondary N) is 2. The largest absolute Gasteiger partial charge is 0.348 e. The van der Waals surface area contributed by atoms with Crippen LogP contribution in [0.15, 0.2) is 0 Å². The van der Waals surface area contributed by atoms with Gasteiger partial charge in [0.15, 0.2) is 0 Å². The predicted octanol–water partition coefficient (Wildman–Crippen LogP) is 2.09. The zero-order valence-electron chi connectivity index (χ0n) is 11.6. The van der Waals surface area contributed by atoms with Crippen LogP contribution in [0.2, 0.25) is 0 Å². The van der Waals surface area contributed by atoms with Gasteiger partial charge in [-0.1, -0.05) is 41.5 Å². The predicted molar refractivity (Wildman–Crippen MR) is 69.3 cm³/mol. The molecule has 0 atom stereocenters. The molecule has 0 aromatic carbocycles. The second kappa shape index (κ2) is 19.5. The van der Waals surface area contributed by atoms with Crippen LogP contribution < -0.4 is 10.6 Å². The molecule has 0 aromatic heterocycles. The fourth-order valence-electron chi connectivity index (χ4n) is 0.638. The van der Waals surface area contributed by atoms with E-state index in [0.717, 1.165) is 12.8 Å². The molecule has 0 saturated heterocycles. The molecule has 0 bridgehead atoms. The SMILES string of the molecule is CC.CC.CCCNC(=O)C(=O)NCCC.